The highest BCUT2D eigenvalue weighted by Crippen LogP contribution is 2.45. The number of para-hydroxylation sites is 1. The number of thiazole rings is 1. The Morgan fingerprint density at radius 1 is 1.22 bits per heavy atom. The van der Waals surface area contributed by atoms with Gasteiger partial charge in [0, 0.05) is 31.5 Å². The summed E-state index contributed by atoms with van der Waals surface area (Å²) in [5, 5.41) is 14.9. The van der Waals surface area contributed by atoms with Gasteiger partial charge in [0.05, 0.1) is 25.1 Å². The van der Waals surface area contributed by atoms with Crippen LogP contribution in [0.3, 0.4) is 0 Å². The molecule has 9 heteroatoms. The molecule has 27 heavy (non-hydrogen) atoms. The third kappa shape index (κ3) is 3.02. The van der Waals surface area contributed by atoms with E-state index in [4.69, 9.17) is 9.47 Å². The Hall–Kier alpha value is -2.65. The Balaban J connectivity index is 1.88. The van der Waals surface area contributed by atoms with Gasteiger partial charge < -0.3 is 14.6 Å². The number of rotatable bonds is 5. The van der Waals surface area contributed by atoms with Gasteiger partial charge in [-0.15, -0.1) is 0 Å². The minimum absolute atomic E-state index is 0.0549. The van der Waals surface area contributed by atoms with E-state index in [0.717, 1.165) is 5.56 Å². The molecule has 8 nitrogen and oxygen atoms in total. The minimum atomic E-state index is -0.295. The number of ketones is 1. The molecule has 1 aliphatic heterocycles. The van der Waals surface area contributed by atoms with Crippen LogP contribution in [0.1, 0.15) is 29.3 Å². The van der Waals surface area contributed by atoms with Gasteiger partial charge in [0.1, 0.15) is 12.1 Å². The average Bonchev–Trinajstić information content (AvgIpc) is 3.27. The third-order valence-corrected chi connectivity index (χ3v) is 5.92. The quantitative estimate of drug-likeness (QED) is 0.717. The number of carbonyl (C=O) groups excluding carboxylic acids is 1. The zero-order chi connectivity index (χ0) is 19.0. The standard InChI is InChI=1S/C18H20N4O4S/c1-25-13-5-3-4-12(15(13)26-2)14(21-8-6-11(23)7-9-21)16-17(24)22-18(27-16)19-10-20-22/h3-5,10,14,24H,6-9H2,1-2H3. The Morgan fingerprint density at radius 3 is 2.67 bits per heavy atom. The van der Waals surface area contributed by atoms with Crippen LogP contribution in [0.25, 0.3) is 4.96 Å². The van der Waals surface area contributed by atoms with Crippen molar-refractivity contribution < 1.29 is 19.4 Å². The molecule has 3 aromatic rings. The van der Waals surface area contributed by atoms with E-state index < -0.39 is 0 Å². The number of Topliss-reactive ketones (excluding diaryl/α,β-unsaturated/α-hetero) is 1. The first-order chi connectivity index (χ1) is 13.1. The first-order valence-corrected chi connectivity index (χ1v) is 9.43. The Kier molecular flexibility index (Phi) is 4.71. The lowest BCUT2D eigenvalue weighted by Gasteiger charge is -2.34. The maximum atomic E-state index is 11.8. The molecule has 142 valence electrons. The highest BCUT2D eigenvalue weighted by molar-refractivity contribution is 7.17. The highest BCUT2D eigenvalue weighted by Gasteiger charge is 2.34. The number of ether oxygens (including phenoxy) is 2. The van der Waals surface area contributed by atoms with Gasteiger partial charge in [-0.3, -0.25) is 9.69 Å². The van der Waals surface area contributed by atoms with Crippen LogP contribution in [0.5, 0.6) is 17.4 Å². The first-order valence-electron chi connectivity index (χ1n) is 8.62. The number of likely N-dealkylation sites (tertiary alicyclic amines) is 1. The van der Waals surface area contributed by atoms with Crippen molar-refractivity contribution in [3.05, 3.63) is 35.0 Å². The number of aromatic hydroxyl groups is 1. The lowest BCUT2D eigenvalue weighted by Crippen LogP contribution is -2.37. The van der Waals surface area contributed by atoms with Crippen molar-refractivity contribution in [2.75, 3.05) is 27.3 Å². The topological polar surface area (TPSA) is 89.2 Å². The molecule has 1 fully saturated rings. The molecular weight excluding hydrogens is 368 g/mol. The molecule has 1 aromatic carbocycles. The smallest absolute Gasteiger partial charge is 0.230 e. The van der Waals surface area contributed by atoms with E-state index in [1.54, 1.807) is 14.2 Å². The van der Waals surface area contributed by atoms with Crippen molar-refractivity contribution in [3.63, 3.8) is 0 Å². The Bertz CT molecular complexity index is 973. The third-order valence-electron chi connectivity index (χ3n) is 4.84. The van der Waals surface area contributed by atoms with Crippen LogP contribution in [-0.4, -0.2) is 57.7 Å². The fourth-order valence-corrected chi connectivity index (χ4v) is 4.62. The van der Waals surface area contributed by atoms with E-state index in [-0.39, 0.29) is 17.7 Å². The summed E-state index contributed by atoms with van der Waals surface area (Å²) in [6.45, 7) is 1.22. The minimum Gasteiger partial charge on any atom is -0.493 e. The summed E-state index contributed by atoms with van der Waals surface area (Å²) in [5.74, 6) is 1.54. The maximum Gasteiger partial charge on any atom is 0.230 e. The van der Waals surface area contributed by atoms with Crippen LogP contribution in [-0.2, 0) is 4.79 Å². The zero-order valence-corrected chi connectivity index (χ0v) is 15.9. The Morgan fingerprint density at radius 2 is 2.00 bits per heavy atom. The summed E-state index contributed by atoms with van der Waals surface area (Å²) >= 11 is 1.38. The van der Waals surface area contributed by atoms with E-state index in [1.165, 1.54) is 22.2 Å². The molecule has 1 unspecified atom stereocenters. The van der Waals surface area contributed by atoms with Crippen molar-refractivity contribution in [1.82, 2.24) is 19.5 Å². The number of nitrogens with zero attached hydrogens (tertiary/aromatic N) is 4. The van der Waals surface area contributed by atoms with Gasteiger partial charge in [0.25, 0.3) is 0 Å². The SMILES string of the molecule is COc1cccc(C(c2sc3ncnn3c2O)N2CCC(=O)CC2)c1OC. The first kappa shape index (κ1) is 17.7. The second kappa shape index (κ2) is 7.16. The molecule has 0 bridgehead atoms. The number of aromatic nitrogens is 3. The van der Waals surface area contributed by atoms with Crippen LogP contribution >= 0.6 is 11.3 Å². The molecule has 1 atom stereocenters. The van der Waals surface area contributed by atoms with Gasteiger partial charge in [-0.25, -0.2) is 4.98 Å². The van der Waals surface area contributed by atoms with Gasteiger partial charge in [-0.05, 0) is 6.07 Å². The van der Waals surface area contributed by atoms with Gasteiger partial charge in [-0.1, -0.05) is 23.5 Å². The number of piperidine rings is 1. The summed E-state index contributed by atoms with van der Waals surface area (Å²) in [7, 11) is 3.19. The molecule has 0 amide bonds. The number of benzene rings is 1. The van der Waals surface area contributed by atoms with Crippen LogP contribution < -0.4 is 9.47 Å². The summed E-state index contributed by atoms with van der Waals surface area (Å²) in [4.78, 5) is 19.5. The number of methoxy groups -OCH3 is 2. The Labute approximate surface area is 160 Å². The number of fused-ring (bicyclic) bond motifs is 1. The van der Waals surface area contributed by atoms with Gasteiger partial charge in [0.15, 0.2) is 11.5 Å². The van der Waals surface area contributed by atoms with Gasteiger partial charge in [-0.2, -0.15) is 9.61 Å². The van der Waals surface area contributed by atoms with Crippen LogP contribution in [0.4, 0.5) is 0 Å². The van der Waals surface area contributed by atoms with Gasteiger partial charge in [0.2, 0.25) is 10.8 Å². The molecule has 0 saturated carbocycles. The largest absolute Gasteiger partial charge is 0.493 e. The number of hydrogen-bond donors (Lipinski definition) is 1. The zero-order valence-electron chi connectivity index (χ0n) is 15.1. The predicted octanol–water partition coefficient (Wildman–Crippen LogP) is 2.27. The summed E-state index contributed by atoms with van der Waals surface area (Å²) in [6.07, 6.45) is 2.39. The average molecular weight is 388 g/mol. The second-order valence-electron chi connectivity index (χ2n) is 6.30. The predicted molar refractivity (Wildman–Crippen MR) is 99.7 cm³/mol. The van der Waals surface area contributed by atoms with E-state index >= 15 is 0 Å². The van der Waals surface area contributed by atoms with E-state index in [1.807, 2.05) is 18.2 Å². The molecule has 1 aliphatic rings. The van der Waals surface area contributed by atoms with Crippen molar-refractivity contribution in [2.24, 2.45) is 0 Å². The molecular formula is C18H20N4O4S. The van der Waals surface area contributed by atoms with Crippen molar-refractivity contribution >= 4 is 22.1 Å². The van der Waals surface area contributed by atoms with Crippen LogP contribution in [0.2, 0.25) is 0 Å². The molecule has 1 saturated heterocycles. The van der Waals surface area contributed by atoms with Crippen molar-refractivity contribution in [3.8, 4) is 17.4 Å². The van der Waals surface area contributed by atoms with E-state index in [2.05, 4.69) is 15.0 Å². The summed E-state index contributed by atoms with van der Waals surface area (Å²) in [6, 6.07) is 5.39. The lowest BCUT2D eigenvalue weighted by atomic mass is 9.98. The van der Waals surface area contributed by atoms with E-state index in [0.29, 0.717) is 47.3 Å². The fraction of sp³-hybridized carbons (Fsp3) is 0.389. The molecule has 0 radical (unpaired) electrons. The molecule has 3 heterocycles. The molecule has 4 rings (SSSR count). The fourth-order valence-electron chi connectivity index (χ4n) is 3.53. The molecule has 0 aliphatic carbocycles. The molecule has 2 aromatic heterocycles. The van der Waals surface area contributed by atoms with Crippen LogP contribution in [0.15, 0.2) is 24.5 Å². The summed E-state index contributed by atoms with van der Waals surface area (Å²) < 4.78 is 12.5. The second-order valence-corrected chi connectivity index (χ2v) is 7.31. The van der Waals surface area contributed by atoms with E-state index in [9.17, 15) is 9.90 Å². The maximum absolute atomic E-state index is 11.8. The molecule has 1 N–H and O–H groups in total. The van der Waals surface area contributed by atoms with Gasteiger partial charge >= 0.3 is 0 Å². The summed E-state index contributed by atoms with van der Waals surface area (Å²) in [5.41, 5.74) is 0.867. The number of carbonyl (C=O) groups is 1. The van der Waals surface area contributed by atoms with Crippen molar-refractivity contribution in [2.45, 2.75) is 18.9 Å². The lowest BCUT2D eigenvalue weighted by molar-refractivity contribution is -0.121. The number of hydrogen-bond acceptors (Lipinski definition) is 8. The van der Waals surface area contributed by atoms with Crippen LogP contribution in [0, 0.1) is 0 Å². The monoisotopic (exact) mass is 388 g/mol. The normalized spacial score (nSPS) is 16.6. The van der Waals surface area contributed by atoms with Crippen molar-refractivity contribution in [1.29, 1.82) is 0 Å². The molecule has 0 spiro atoms. The highest BCUT2D eigenvalue weighted by atomic mass is 32.1.